The second kappa shape index (κ2) is 8.41. The number of nitrogens with one attached hydrogen (secondary N) is 1. The molecule has 2 fully saturated rings. The molecule has 0 unspecified atom stereocenters. The van der Waals surface area contributed by atoms with Gasteiger partial charge in [-0.05, 0) is 25.7 Å². The second-order valence-corrected chi connectivity index (χ2v) is 8.05. The zero-order valence-electron chi connectivity index (χ0n) is 14.4. The molecule has 24 heavy (non-hydrogen) atoms. The maximum atomic E-state index is 12.5. The highest BCUT2D eigenvalue weighted by atomic mass is 32.1. The summed E-state index contributed by atoms with van der Waals surface area (Å²) in [4.78, 5) is 17.3. The predicted octanol–water partition coefficient (Wildman–Crippen LogP) is 2.61. The van der Waals surface area contributed by atoms with E-state index in [1.807, 2.05) is 0 Å². The van der Waals surface area contributed by atoms with Crippen molar-refractivity contribution in [2.24, 2.45) is 11.1 Å². The van der Waals surface area contributed by atoms with Gasteiger partial charge in [-0.2, -0.15) is 0 Å². The predicted molar refractivity (Wildman–Crippen MR) is 96.2 cm³/mol. The summed E-state index contributed by atoms with van der Waals surface area (Å²) in [5.74, 6) is 0.735. The average Bonchev–Trinajstić information content (AvgIpc) is 3.12. The molecule has 3 rings (SSSR count). The van der Waals surface area contributed by atoms with Crippen LogP contribution in [0.15, 0.2) is 5.38 Å². The molecule has 1 saturated heterocycles. The van der Waals surface area contributed by atoms with E-state index in [9.17, 15) is 4.79 Å². The van der Waals surface area contributed by atoms with Crippen LogP contribution in [0.2, 0.25) is 0 Å². The Morgan fingerprint density at radius 1 is 1.33 bits per heavy atom. The first kappa shape index (κ1) is 17.8. The van der Waals surface area contributed by atoms with Crippen LogP contribution < -0.4 is 11.1 Å². The SMILES string of the molecule is NCC1(C(=O)NCCc2nc(C3CCCCC3)cs2)CCOCC1. The summed E-state index contributed by atoms with van der Waals surface area (Å²) in [6, 6.07) is 0. The summed E-state index contributed by atoms with van der Waals surface area (Å²) in [7, 11) is 0. The van der Waals surface area contributed by atoms with E-state index in [4.69, 9.17) is 15.5 Å². The number of hydrogen-bond donors (Lipinski definition) is 2. The number of carbonyl (C=O) groups excluding carboxylic acids is 1. The number of aromatic nitrogens is 1. The van der Waals surface area contributed by atoms with Crippen molar-refractivity contribution in [1.82, 2.24) is 10.3 Å². The molecule has 1 saturated carbocycles. The Bertz CT molecular complexity index is 534. The number of nitrogens with zero attached hydrogens (tertiary/aromatic N) is 1. The smallest absolute Gasteiger partial charge is 0.227 e. The molecule has 2 aliphatic rings. The molecule has 0 bridgehead atoms. The van der Waals surface area contributed by atoms with Gasteiger partial charge in [0.25, 0.3) is 0 Å². The molecule has 0 spiro atoms. The van der Waals surface area contributed by atoms with Crippen molar-refractivity contribution in [3.05, 3.63) is 16.1 Å². The van der Waals surface area contributed by atoms with Crippen LogP contribution >= 0.6 is 11.3 Å². The van der Waals surface area contributed by atoms with Gasteiger partial charge in [0.15, 0.2) is 0 Å². The largest absolute Gasteiger partial charge is 0.381 e. The Morgan fingerprint density at radius 3 is 2.79 bits per heavy atom. The Labute approximate surface area is 148 Å². The molecule has 0 aromatic carbocycles. The summed E-state index contributed by atoms with van der Waals surface area (Å²) in [6.07, 6.45) is 8.84. The molecule has 2 heterocycles. The zero-order chi connectivity index (χ0) is 16.8. The lowest BCUT2D eigenvalue weighted by atomic mass is 9.79. The van der Waals surface area contributed by atoms with Crippen molar-refractivity contribution in [2.75, 3.05) is 26.3 Å². The molecule has 0 atom stereocenters. The van der Waals surface area contributed by atoms with Crippen molar-refractivity contribution in [1.29, 1.82) is 0 Å². The molecule has 6 heteroatoms. The third-order valence-corrected chi connectivity index (χ3v) is 6.47. The fourth-order valence-corrected chi connectivity index (χ4v) is 4.66. The highest BCUT2D eigenvalue weighted by Gasteiger charge is 2.38. The van der Waals surface area contributed by atoms with Gasteiger partial charge in [0, 0.05) is 44.0 Å². The number of rotatable bonds is 6. The Hall–Kier alpha value is -0.980. The van der Waals surface area contributed by atoms with Crippen LogP contribution in [-0.4, -0.2) is 37.2 Å². The normalized spacial score (nSPS) is 21.5. The first-order valence-electron chi connectivity index (χ1n) is 9.24. The molecule has 1 aliphatic heterocycles. The number of carbonyl (C=O) groups is 1. The van der Waals surface area contributed by atoms with E-state index in [1.165, 1.54) is 37.8 Å². The van der Waals surface area contributed by atoms with E-state index in [0.717, 1.165) is 24.3 Å². The van der Waals surface area contributed by atoms with Gasteiger partial charge in [-0.1, -0.05) is 19.3 Å². The van der Waals surface area contributed by atoms with E-state index >= 15 is 0 Å². The minimum absolute atomic E-state index is 0.0809. The van der Waals surface area contributed by atoms with E-state index in [0.29, 0.717) is 32.2 Å². The van der Waals surface area contributed by atoms with E-state index in [2.05, 4.69) is 10.7 Å². The van der Waals surface area contributed by atoms with Crippen LogP contribution in [0.3, 0.4) is 0 Å². The Balaban J connectivity index is 1.47. The molecule has 1 amide bonds. The van der Waals surface area contributed by atoms with Gasteiger partial charge in [-0.25, -0.2) is 4.98 Å². The molecule has 5 nitrogen and oxygen atoms in total. The van der Waals surface area contributed by atoms with Gasteiger partial charge in [0.2, 0.25) is 5.91 Å². The topological polar surface area (TPSA) is 77.2 Å². The van der Waals surface area contributed by atoms with Crippen molar-refractivity contribution in [2.45, 2.75) is 57.3 Å². The van der Waals surface area contributed by atoms with Crippen molar-refractivity contribution in [3.63, 3.8) is 0 Å². The first-order valence-corrected chi connectivity index (χ1v) is 10.1. The van der Waals surface area contributed by atoms with Crippen LogP contribution in [0.1, 0.15) is 61.6 Å². The molecule has 0 radical (unpaired) electrons. The van der Waals surface area contributed by atoms with Crippen molar-refractivity contribution >= 4 is 17.2 Å². The second-order valence-electron chi connectivity index (χ2n) is 7.10. The van der Waals surface area contributed by atoms with Crippen molar-refractivity contribution in [3.8, 4) is 0 Å². The summed E-state index contributed by atoms with van der Waals surface area (Å²) < 4.78 is 5.37. The van der Waals surface area contributed by atoms with Gasteiger partial charge in [0.1, 0.15) is 0 Å². The highest BCUT2D eigenvalue weighted by molar-refractivity contribution is 7.09. The van der Waals surface area contributed by atoms with Gasteiger partial charge in [-0.3, -0.25) is 4.79 Å². The lowest BCUT2D eigenvalue weighted by Crippen LogP contribution is -2.49. The Morgan fingerprint density at radius 2 is 2.08 bits per heavy atom. The lowest BCUT2D eigenvalue weighted by Gasteiger charge is -2.34. The third-order valence-electron chi connectivity index (χ3n) is 5.54. The maximum Gasteiger partial charge on any atom is 0.227 e. The maximum absolute atomic E-state index is 12.5. The average molecular weight is 352 g/mol. The van der Waals surface area contributed by atoms with Crippen LogP contribution in [-0.2, 0) is 16.0 Å². The fraction of sp³-hybridized carbons (Fsp3) is 0.778. The van der Waals surface area contributed by atoms with Gasteiger partial charge >= 0.3 is 0 Å². The van der Waals surface area contributed by atoms with Crippen LogP contribution in [0.25, 0.3) is 0 Å². The lowest BCUT2D eigenvalue weighted by molar-refractivity contribution is -0.135. The number of hydrogen-bond acceptors (Lipinski definition) is 5. The first-order chi connectivity index (χ1) is 11.7. The molecular formula is C18H29N3O2S. The van der Waals surface area contributed by atoms with Crippen LogP contribution in [0, 0.1) is 5.41 Å². The number of thiazole rings is 1. The number of ether oxygens (including phenoxy) is 1. The van der Waals surface area contributed by atoms with Crippen LogP contribution in [0.4, 0.5) is 0 Å². The molecule has 1 aliphatic carbocycles. The summed E-state index contributed by atoms with van der Waals surface area (Å²) in [6.45, 7) is 2.29. The third kappa shape index (κ3) is 4.16. The molecule has 3 N–H and O–H groups in total. The number of nitrogens with two attached hydrogens (primary N) is 1. The monoisotopic (exact) mass is 351 g/mol. The highest BCUT2D eigenvalue weighted by Crippen LogP contribution is 2.33. The standard InChI is InChI=1S/C18H29N3O2S/c19-13-18(7-10-23-11-8-18)17(22)20-9-6-16-21-15(12-24-16)14-4-2-1-3-5-14/h12,14H,1-11,13,19H2,(H,20,22). The minimum atomic E-state index is -0.436. The van der Waals surface area contributed by atoms with Crippen molar-refractivity contribution < 1.29 is 9.53 Å². The van der Waals surface area contributed by atoms with Gasteiger partial charge in [0.05, 0.1) is 16.1 Å². The molecule has 134 valence electrons. The molecule has 1 aromatic rings. The van der Waals surface area contributed by atoms with E-state index in [1.54, 1.807) is 11.3 Å². The van der Waals surface area contributed by atoms with Crippen LogP contribution in [0.5, 0.6) is 0 Å². The van der Waals surface area contributed by atoms with Gasteiger partial charge < -0.3 is 15.8 Å². The summed E-state index contributed by atoms with van der Waals surface area (Å²) >= 11 is 1.73. The summed E-state index contributed by atoms with van der Waals surface area (Å²) in [5, 5.41) is 6.42. The summed E-state index contributed by atoms with van der Waals surface area (Å²) in [5.41, 5.74) is 6.71. The molecular weight excluding hydrogens is 322 g/mol. The quantitative estimate of drug-likeness (QED) is 0.826. The van der Waals surface area contributed by atoms with E-state index < -0.39 is 5.41 Å². The minimum Gasteiger partial charge on any atom is -0.381 e. The number of amides is 1. The zero-order valence-corrected chi connectivity index (χ0v) is 15.2. The fourth-order valence-electron chi connectivity index (χ4n) is 3.78. The molecule has 1 aromatic heterocycles. The Kier molecular flexibility index (Phi) is 6.25. The van der Waals surface area contributed by atoms with E-state index in [-0.39, 0.29) is 5.91 Å². The van der Waals surface area contributed by atoms with Gasteiger partial charge in [-0.15, -0.1) is 11.3 Å².